The summed E-state index contributed by atoms with van der Waals surface area (Å²) in [4.78, 5) is 2.40. The molecule has 1 aliphatic rings. The summed E-state index contributed by atoms with van der Waals surface area (Å²) >= 11 is 0. The Hall–Kier alpha value is -1.46. The van der Waals surface area contributed by atoms with E-state index in [4.69, 9.17) is 10.5 Å². The molecule has 0 radical (unpaired) electrons. The molecular formula is C15H26N4O. The highest BCUT2D eigenvalue weighted by Crippen LogP contribution is 2.29. The predicted octanol–water partition coefficient (Wildman–Crippen LogP) is 1.06. The number of hydrogen-bond donors (Lipinski definition) is 3. The lowest BCUT2D eigenvalue weighted by atomic mass is 10.0. The van der Waals surface area contributed by atoms with Crippen molar-refractivity contribution in [2.45, 2.75) is 18.9 Å². The molecule has 1 fully saturated rings. The number of rotatable bonds is 6. The van der Waals surface area contributed by atoms with Crippen LogP contribution in [0.2, 0.25) is 0 Å². The minimum atomic E-state index is 0.635. The largest absolute Gasteiger partial charge is 0.495 e. The van der Waals surface area contributed by atoms with Crippen LogP contribution in [0.4, 0.5) is 11.4 Å². The Morgan fingerprint density at radius 1 is 1.30 bits per heavy atom. The van der Waals surface area contributed by atoms with Crippen molar-refractivity contribution in [2.75, 3.05) is 51.0 Å². The zero-order valence-electron chi connectivity index (χ0n) is 12.5. The molecule has 0 aromatic heterocycles. The average molecular weight is 278 g/mol. The van der Waals surface area contributed by atoms with Crippen LogP contribution in [0, 0.1) is 0 Å². The molecule has 0 aliphatic carbocycles. The van der Waals surface area contributed by atoms with E-state index in [-0.39, 0.29) is 0 Å². The van der Waals surface area contributed by atoms with Crippen molar-refractivity contribution in [2.24, 2.45) is 0 Å². The third kappa shape index (κ3) is 3.77. The van der Waals surface area contributed by atoms with E-state index in [1.165, 1.54) is 18.5 Å². The van der Waals surface area contributed by atoms with E-state index in [2.05, 4.69) is 21.6 Å². The number of piperidine rings is 1. The monoisotopic (exact) mass is 278 g/mol. The third-order valence-corrected chi connectivity index (χ3v) is 3.89. The van der Waals surface area contributed by atoms with Crippen LogP contribution in [0.15, 0.2) is 18.2 Å². The topological polar surface area (TPSA) is 62.5 Å². The molecule has 5 nitrogen and oxygen atoms in total. The Bertz CT molecular complexity index is 416. The second-order valence-corrected chi connectivity index (χ2v) is 5.25. The molecule has 5 heteroatoms. The van der Waals surface area contributed by atoms with Gasteiger partial charge in [-0.05, 0) is 32.0 Å². The molecule has 0 bridgehead atoms. The van der Waals surface area contributed by atoms with Gasteiger partial charge in [-0.25, -0.2) is 0 Å². The van der Waals surface area contributed by atoms with E-state index >= 15 is 0 Å². The smallest absolute Gasteiger partial charge is 0.143 e. The molecule has 0 spiro atoms. The number of nitrogens with one attached hydrogen (secondary N) is 2. The minimum Gasteiger partial charge on any atom is -0.495 e. The quantitative estimate of drug-likeness (QED) is 0.536. The molecule has 1 heterocycles. The van der Waals surface area contributed by atoms with E-state index in [1.807, 2.05) is 19.2 Å². The highest BCUT2D eigenvalue weighted by molar-refractivity contribution is 5.62. The molecule has 1 aromatic carbocycles. The molecule has 112 valence electrons. The van der Waals surface area contributed by atoms with Crippen LogP contribution in [0.5, 0.6) is 5.75 Å². The number of anilines is 2. The maximum absolute atomic E-state index is 5.86. The van der Waals surface area contributed by atoms with Gasteiger partial charge >= 0.3 is 0 Å². The number of nitrogens with zero attached hydrogens (tertiary/aromatic N) is 1. The molecule has 1 aromatic rings. The van der Waals surface area contributed by atoms with Gasteiger partial charge in [-0.15, -0.1) is 0 Å². The van der Waals surface area contributed by atoms with Gasteiger partial charge in [-0.1, -0.05) is 0 Å². The Kier molecular flexibility index (Phi) is 5.49. The van der Waals surface area contributed by atoms with Gasteiger partial charge in [0.25, 0.3) is 0 Å². The maximum atomic E-state index is 5.86. The van der Waals surface area contributed by atoms with Gasteiger partial charge in [0.15, 0.2) is 0 Å². The van der Waals surface area contributed by atoms with Crippen molar-refractivity contribution in [3.63, 3.8) is 0 Å². The summed E-state index contributed by atoms with van der Waals surface area (Å²) in [7, 11) is 3.65. The van der Waals surface area contributed by atoms with Crippen LogP contribution < -0.4 is 26.0 Å². The summed E-state index contributed by atoms with van der Waals surface area (Å²) < 4.78 is 5.29. The van der Waals surface area contributed by atoms with E-state index in [0.717, 1.165) is 31.9 Å². The van der Waals surface area contributed by atoms with Gasteiger partial charge in [0, 0.05) is 44.0 Å². The van der Waals surface area contributed by atoms with Gasteiger partial charge < -0.3 is 26.0 Å². The van der Waals surface area contributed by atoms with Crippen LogP contribution in [0.25, 0.3) is 0 Å². The van der Waals surface area contributed by atoms with E-state index in [0.29, 0.717) is 11.7 Å². The molecule has 0 atom stereocenters. The van der Waals surface area contributed by atoms with Crippen molar-refractivity contribution in [3.05, 3.63) is 18.2 Å². The summed E-state index contributed by atoms with van der Waals surface area (Å²) in [5, 5.41) is 6.75. The second kappa shape index (κ2) is 7.36. The Balaban J connectivity index is 1.87. The lowest BCUT2D eigenvalue weighted by Gasteiger charge is -2.34. The SMILES string of the molecule is CNCCNC1CCN(c2ccc(N)c(OC)c2)CC1. The highest BCUT2D eigenvalue weighted by Gasteiger charge is 2.19. The number of hydrogen-bond acceptors (Lipinski definition) is 5. The molecule has 0 amide bonds. The maximum Gasteiger partial charge on any atom is 0.143 e. The average Bonchev–Trinajstić information content (AvgIpc) is 2.49. The lowest BCUT2D eigenvalue weighted by Crippen LogP contribution is -2.44. The Labute approximate surface area is 121 Å². The molecular weight excluding hydrogens is 252 g/mol. The van der Waals surface area contributed by atoms with Crippen molar-refractivity contribution in [1.82, 2.24) is 10.6 Å². The molecule has 0 unspecified atom stereocenters. The van der Waals surface area contributed by atoms with Gasteiger partial charge in [-0.3, -0.25) is 0 Å². The number of nitrogens with two attached hydrogens (primary N) is 1. The molecule has 20 heavy (non-hydrogen) atoms. The molecule has 0 saturated carbocycles. The Morgan fingerprint density at radius 3 is 2.70 bits per heavy atom. The number of methoxy groups -OCH3 is 1. The third-order valence-electron chi connectivity index (χ3n) is 3.89. The molecule has 4 N–H and O–H groups in total. The van der Waals surface area contributed by atoms with Crippen LogP contribution in [0.3, 0.4) is 0 Å². The molecule has 2 rings (SSSR count). The van der Waals surface area contributed by atoms with Crippen molar-refractivity contribution >= 4 is 11.4 Å². The van der Waals surface area contributed by atoms with Crippen LogP contribution in [-0.2, 0) is 0 Å². The second-order valence-electron chi connectivity index (χ2n) is 5.25. The number of likely N-dealkylation sites (N-methyl/N-ethyl adjacent to an activating group) is 1. The summed E-state index contributed by atoms with van der Waals surface area (Å²) in [6, 6.07) is 6.66. The fourth-order valence-corrected chi connectivity index (χ4v) is 2.64. The minimum absolute atomic E-state index is 0.635. The predicted molar refractivity (Wildman–Crippen MR) is 84.6 cm³/mol. The standard InChI is InChI=1S/C15H26N4O/c1-17-7-8-18-12-5-9-19(10-6-12)13-3-4-14(16)15(11-13)20-2/h3-4,11-12,17-18H,5-10,16H2,1-2H3. The molecule has 1 aliphatic heterocycles. The zero-order valence-corrected chi connectivity index (χ0v) is 12.5. The first-order valence-corrected chi connectivity index (χ1v) is 7.31. The van der Waals surface area contributed by atoms with Crippen LogP contribution in [0.1, 0.15) is 12.8 Å². The normalized spacial score (nSPS) is 16.4. The summed E-state index contributed by atoms with van der Waals surface area (Å²) in [6.45, 7) is 4.21. The summed E-state index contributed by atoms with van der Waals surface area (Å²) in [6.07, 6.45) is 2.35. The first kappa shape index (κ1) is 14.9. The lowest BCUT2D eigenvalue weighted by molar-refractivity contribution is 0.410. The van der Waals surface area contributed by atoms with E-state index < -0.39 is 0 Å². The fraction of sp³-hybridized carbons (Fsp3) is 0.600. The fourth-order valence-electron chi connectivity index (χ4n) is 2.64. The zero-order chi connectivity index (χ0) is 14.4. The summed E-state index contributed by atoms with van der Waals surface area (Å²) in [5.74, 6) is 0.761. The van der Waals surface area contributed by atoms with Crippen molar-refractivity contribution < 1.29 is 4.74 Å². The number of nitrogen functional groups attached to an aromatic ring is 1. The van der Waals surface area contributed by atoms with Gasteiger partial charge in [0.05, 0.1) is 12.8 Å². The first-order chi connectivity index (χ1) is 9.74. The van der Waals surface area contributed by atoms with Gasteiger partial charge in [0.2, 0.25) is 0 Å². The number of ether oxygens (including phenoxy) is 1. The van der Waals surface area contributed by atoms with Crippen molar-refractivity contribution in [3.8, 4) is 5.75 Å². The van der Waals surface area contributed by atoms with Crippen LogP contribution in [-0.4, -0.2) is 46.4 Å². The van der Waals surface area contributed by atoms with Crippen molar-refractivity contribution in [1.29, 1.82) is 0 Å². The van der Waals surface area contributed by atoms with E-state index in [1.54, 1.807) is 7.11 Å². The van der Waals surface area contributed by atoms with Crippen LogP contribution >= 0.6 is 0 Å². The molecule has 1 saturated heterocycles. The highest BCUT2D eigenvalue weighted by atomic mass is 16.5. The van der Waals surface area contributed by atoms with E-state index in [9.17, 15) is 0 Å². The number of benzene rings is 1. The van der Waals surface area contributed by atoms with Gasteiger partial charge in [-0.2, -0.15) is 0 Å². The van der Waals surface area contributed by atoms with Gasteiger partial charge in [0.1, 0.15) is 5.75 Å². The summed E-state index contributed by atoms with van der Waals surface area (Å²) in [5.41, 5.74) is 7.75. The Morgan fingerprint density at radius 2 is 2.05 bits per heavy atom. The first-order valence-electron chi connectivity index (χ1n) is 7.31.